The van der Waals surface area contributed by atoms with E-state index in [1.807, 2.05) is 18.3 Å². The molecule has 1 saturated heterocycles. The predicted octanol–water partition coefficient (Wildman–Crippen LogP) is 0.888. The zero-order valence-electron chi connectivity index (χ0n) is 9.23. The molecule has 15 heavy (non-hydrogen) atoms. The van der Waals surface area contributed by atoms with E-state index in [9.17, 15) is 0 Å². The van der Waals surface area contributed by atoms with Gasteiger partial charge in [-0.05, 0) is 19.1 Å². The van der Waals surface area contributed by atoms with Gasteiger partial charge in [0.2, 0.25) is 0 Å². The number of hydrogen-bond donors (Lipinski definition) is 1. The van der Waals surface area contributed by atoms with Gasteiger partial charge in [-0.25, -0.2) is 4.98 Å². The Balaban J connectivity index is 2.26. The third-order valence-electron chi connectivity index (χ3n) is 2.74. The molecular formula is C11H17N3O. The summed E-state index contributed by atoms with van der Waals surface area (Å²) in [5.41, 5.74) is 0. The van der Waals surface area contributed by atoms with Gasteiger partial charge in [-0.2, -0.15) is 0 Å². The number of pyridine rings is 1. The van der Waals surface area contributed by atoms with E-state index in [-0.39, 0.29) is 0 Å². The molecule has 4 nitrogen and oxygen atoms in total. The highest BCUT2D eigenvalue weighted by molar-refractivity contribution is 5.53. The zero-order chi connectivity index (χ0) is 10.7. The topological polar surface area (TPSA) is 37.4 Å². The van der Waals surface area contributed by atoms with Crippen LogP contribution < -0.4 is 15.0 Å². The highest BCUT2D eigenvalue weighted by atomic mass is 16.5. The van der Waals surface area contributed by atoms with E-state index in [0.29, 0.717) is 6.04 Å². The number of ether oxygens (including phenoxy) is 1. The smallest absolute Gasteiger partial charge is 0.171 e. The average molecular weight is 207 g/mol. The van der Waals surface area contributed by atoms with Gasteiger partial charge < -0.3 is 15.0 Å². The second-order valence-electron chi connectivity index (χ2n) is 3.78. The van der Waals surface area contributed by atoms with E-state index in [1.54, 1.807) is 7.11 Å². The second kappa shape index (κ2) is 4.49. The SMILES string of the molecule is COc1cccnc1N1CCNCC1C. The number of hydrogen-bond acceptors (Lipinski definition) is 4. The van der Waals surface area contributed by atoms with Gasteiger partial charge >= 0.3 is 0 Å². The van der Waals surface area contributed by atoms with E-state index in [0.717, 1.165) is 31.2 Å². The molecule has 0 saturated carbocycles. The number of anilines is 1. The van der Waals surface area contributed by atoms with Crippen LogP contribution in [0.15, 0.2) is 18.3 Å². The van der Waals surface area contributed by atoms with Gasteiger partial charge in [-0.3, -0.25) is 0 Å². The zero-order valence-corrected chi connectivity index (χ0v) is 9.23. The highest BCUT2D eigenvalue weighted by Gasteiger charge is 2.21. The van der Waals surface area contributed by atoms with Gasteiger partial charge in [0.05, 0.1) is 7.11 Å². The Morgan fingerprint density at radius 1 is 1.60 bits per heavy atom. The van der Waals surface area contributed by atoms with Crippen molar-refractivity contribution in [2.45, 2.75) is 13.0 Å². The molecule has 2 heterocycles. The van der Waals surface area contributed by atoms with E-state index >= 15 is 0 Å². The molecule has 0 aromatic carbocycles. The molecule has 1 aromatic rings. The fraction of sp³-hybridized carbons (Fsp3) is 0.545. The van der Waals surface area contributed by atoms with Gasteiger partial charge in [-0.1, -0.05) is 0 Å². The van der Waals surface area contributed by atoms with Crippen LogP contribution in [0.5, 0.6) is 5.75 Å². The van der Waals surface area contributed by atoms with Crippen molar-refractivity contribution in [1.82, 2.24) is 10.3 Å². The summed E-state index contributed by atoms with van der Waals surface area (Å²) in [6.45, 7) is 5.18. The lowest BCUT2D eigenvalue weighted by atomic mass is 10.2. The van der Waals surface area contributed by atoms with E-state index in [1.165, 1.54) is 0 Å². The Hall–Kier alpha value is -1.29. The molecule has 1 atom stereocenters. The van der Waals surface area contributed by atoms with Crippen LogP contribution in [0, 0.1) is 0 Å². The number of methoxy groups -OCH3 is 1. The van der Waals surface area contributed by atoms with Gasteiger partial charge in [0, 0.05) is 31.9 Å². The molecule has 1 fully saturated rings. The van der Waals surface area contributed by atoms with Crippen LogP contribution in [0.25, 0.3) is 0 Å². The molecule has 0 bridgehead atoms. The third kappa shape index (κ3) is 2.04. The Bertz CT molecular complexity index is 329. The van der Waals surface area contributed by atoms with Crippen LogP contribution in [0.4, 0.5) is 5.82 Å². The molecule has 0 radical (unpaired) electrons. The van der Waals surface area contributed by atoms with Crippen LogP contribution in [0.2, 0.25) is 0 Å². The van der Waals surface area contributed by atoms with Gasteiger partial charge in [0.25, 0.3) is 0 Å². The van der Waals surface area contributed by atoms with Crippen molar-refractivity contribution in [3.05, 3.63) is 18.3 Å². The lowest BCUT2D eigenvalue weighted by Crippen LogP contribution is -2.50. The Morgan fingerprint density at radius 2 is 2.47 bits per heavy atom. The van der Waals surface area contributed by atoms with Crippen molar-refractivity contribution >= 4 is 5.82 Å². The van der Waals surface area contributed by atoms with E-state index in [4.69, 9.17) is 4.74 Å². The summed E-state index contributed by atoms with van der Waals surface area (Å²) in [4.78, 5) is 6.68. The normalized spacial score (nSPS) is 21.5. The molecule has 0 amide bonds. The maximum Gasteiger partial charge on any atom is 0.171 e. The molecule has 1 unspecified atom stereocenters. The molecule has 82 valence electrons. The molecule has 1 aliphatic rings. The molecule has 1 N–H and O–H groups in total. The van der Waals surface area contributed by atoms with E-state index < -0.39 is 0 Å². The standard InChI is InChI=1S/C11H17N3O/c1-9-8-12-6-7-14(9)11-10(15-2)4-3-5-13-11/h3-5,9,12H,6-8H2,1-2H3. The molecule has 1 aromatic heterocycles. The van der Waals surface area contributed by atoms with Crippen molar-refractivity contribution in [3.63, 3.8) is 0 Å². The minimum Gasteiger partial charge on any atom is -0.493 e. The van der Waals surface area contributed by atoms with Crippen LogP contribution >= 0.6 is 0 Å². The third-order valence-corrected chi connectivity index (χ3v) is 2.74. The number of aromatic nitrogens is 1. The molecular weight excluding hydrogens is 190 g/mol. The maximum atomic E-state index is 5.32. The van der Waals surface area contributed by atoms with E-state index in [2.05, 4.69) is 22.1 Å². The van der Waals surface area contributed by atoms with Crippen molar-refractivity contribution in [2.24, 2.45) is 0 Å². The molecule has 0 aliphatic carbocycles. The highest BCUT2D eigenvalue weighted by Crippen LogP contribution is 2.26. The molecule has 2 rings (SSSR count). The monoisotopic (exact) mass is 207 g/mol. The number of rotatable bonds is 2. The summed E-state index contributed by atoms with van der Waals surface area (Å²) in [6, 6.07) is 4.31. The lowest BCUT2D eigenvalue weighted by molar-refractivity contribution is 0.406. The molecule has 0 spiro atoms. The number of nitrogens with zero attached hydrogens (tertiary/aromatic N) is 2. The van der Waals surface area contributed by atoms with Gasteiger partial charge in [-0.15, -0.1) is 0 Å². The first-order valence-electron chi connectivity index (χ1n) is 5.29. The van der Waals surface area contributed by atoms with Crippen molar-refractivity contribution < 1.29 is 4.74 Å². The first-order valence-corrected chi connectivity index (χ1v) is 5.29. The van der Waals surface area contributed by atoms with Crippen molar-refractivity contribution in [1.29, 1.82) is 0 Å². The Morgan fingerprint density at radius 3 is 3.20 bits per heavy atom. The van der Waals surface area contributed by atoms with Crippen molar-refractivity contribution in [2.75, 3.05) is 31.6 Å². The quantitative estimate of drug-likeness (QED) is 0.781. The number of nitrogens with one attached hydrogen (secondary N) is 1. The summed E-state index contributed by atoms with van der Waals surface area (Å²) in [6.07, 6.45) is 1.81. The lowest BCUT2D eigenvalue weighted by Gasteiger charge is -2.35. The summed E-state index contributed by atoms with van der Waals surface area (Å²) in [7, 11) is 1.69. The minimum absolute atomic E-state index is 0.461. The summed E-state index contributed by atoms with van der Waals surface area (Å²) in [5, 5.41) is 3.36. The average Bonchev–Trinajstić information content (AvgIpc) is 2.30. The fourth-order valence-electron chi connectivity index (χ4n) is 1.91. The second-order valence-corrected chi connectivity index (χ2v) is 3.78. The number of piperazine rings is 1. The Labute approximate surface area is 90.3 Å². The largest absolute Gasteiger partial charge is 0.493 e. The molecule has 1 aliphatic heterocycles. The van der Waals surface area contributed by atoms with Crippen molar-refractivity contribution in [3.8, 4) is 5.75 Å². The summed E-state index contributed by atoms with van der Waals surface area (Å²) < 4.78 is 5.32. The van der Waals surface area contributed by atoms with Crippen LogP contribution in [-0.4, -0.2) is 37.8 Å². The fourth-order valence-corrected chi connectivity index (χ4v) is 1.91. The summed E-state index contributed by atoms with van der Waals surface area (Å²) in [5.74, 6) is 1.81. The minimum atomic E-state index is 0.461. The van der Waals surface area contributed by atoms with Crippen LogP contribution in [-0.2, 0) is 0 Å². The Kier molecular flexibility index (Phi) is 3.06. The predicted molar refractivity (Wildman–Crippen MR) is 60.5 cm³/mol. The first kappa shape index (κ1) is 10.2. The van der Waals surface area contributed by atoms with Gasteiger partial charge in [0.1, 0.15) is 0 Å². The first-order chi connectivity index (χ1) is 7.33. The van der Waals surface area contributed by atoms with Crippen LogP contribution in [0.1, 0.15) is 6.92 Å². The van der Waals surface area contributed by atoms with Crippen LogP contribution in [0.3, 0.4) is 0 Å². The summed E-state index contributed by atoms with van der Waals surface area (Å²) >= 11 is 0. The molecule has 4 heteroatoms. The maximum absolute atomic E-state index is 5.32. The van der Waals surface area contributed by atoms with Gasteiger partial charge in [0.15, 0.2) is 11.6 Å².